The van der Waals surface area contributed by atoms with E-state index in [4.69, 9.17) is 4.52 Å². The van der Waals surface area contributed by atoms with E-state index in [1.54, 1.807) is 36.9 Å². The molecule has 2 aromatic heterocycles. The zero-order valence-electron chi connectivity index (χ0n) is 16.2. The minimum atomic E-state index is -3.57. The Morgan fingerprint density at radius 1 is 1.24 bits per heavy atom. The lowest BCUT2D eigenvalue weighted by Crippen LogP contribution is -2.29. The van der Waals surface area contributed by atoms with E-state index in [-0.39, 0.29) is 16.8 Å². The Balaban J connectivity index is 1.35. The van der Waals surface area contributed by atoms with Crippen molar-refractivity contribution in [2.24, 2.45) is 13.0 Å². The van der Waals surface area contributed by atoms with Crippen molar-refractivity contribution < 1.29 is 17.3 Å². The minimum absolute atomic E-state index is 0.0975. The Morgan fingerprint density at radius 2 is 2.00 bits per heavy atom. The highest BCUT2D eigenvalue weighted by Gasteiger charge is 2.34. The van der Waals surface area contributed by atoms with Crippen LogP contribution in [-0.4, -0.2) is 45.5 Å². The predicted octanol–water partition coefficient (Wildman–Crippen LogP) is 2.56. The molecule has 154 valence electrons. The first-order chi connectivity index (χ1) is 13.8. The molecule has 0 bridgehead atoms. The third-order valence-corrected chi connectivity index (χ3v) is 7.01. The lowest BCUT2D eigenvalue weighted by atomic mass is 10.0. The number of hydrogen-bond acceptors (Lipinski definition) is 6. The fraction of sp³-hybridized carbons (Fsp3) is 0.421. The highest BCUT2D eigenvalue weighted by atomic mass is 32.2. The molecular weight excluding hydrogens is 397 g/mol. The van der Waals surface area contributed by atoms with Gasteiger partial charge in [0.25, 0.3) is 15.9 Å². The van der Waals surface area contributed by atoms with E-state index in [0.29, 0.717) is 42.6 Å². The SMILES string of the molecule is Cc1nc(S(=O)(=O)N2CCC(CCc3noc(-c4ccc(F)cc4)n3)C2)cn1C. The van der Waals surface area contributed by atoms with Gasteiger partial charge >= 0.3 is 0 Å². The number of nitrogens with zero attached hydrogens (tertiary/aromatic N) is 5. The first-order valence-electron chi connectivity index (χ1n) is 9.41. The van der Waals surface area contributed by atoms with Crippen molar-refractivity contribution >= 4 is 10.0 Å². The molecular formula is C19H22FN5O3S. The maximum atomic E-state index is 13.0. The molecule has 3 heterocycles. The van der Waals surface area contributed by atoms with Crippen molar-refractivity contribution in [1.29, 1.82) is 0 Å². The van der Waals surface area contributed by atoms with Crippen LogP contribution >= 0.6 is 0 Å². The van der Waals surface area contributed by atoms with Gasteiger partial charge in [-0.2, -0.15) is 9.29 Å². The molecule has 0 saturated carbocycles. The summed E-state index contributed by atoms with van der Waals surface area (Å²) in [4.78, 5) is 8.51. The fourth-order valence-corrected chi connectivity index (χ4v) is 4.99. The molecule has 0 aliphatic carbocycles. The first kappa shape index (κ1) is 19.7. The third kappa shape index (κ3) is 4.08. The number of hydrogen-bond donors (Lipinski definition) is 0. The van der Waals surface area contributed by atoms with E-state index in [0.717, 1.165) is 12.8 Å². The summed E-state index contributed by atoms with van der Waals surface area (Å²) in [6, 6.07) is 5.86. The van der Waals surface area contributed by atoms with Gasteiger partial charge < -0.3 is 9.09 Å². The standard InChI is InChI=1S/C19H22FN5O3S/c1-13-21-18(12-24(13)2)29(26,27)25-10-9-14(11-25)3-8-17-22-19(28-23-17)15-4-6-16(20)7-5-15/h4-7,12,14H,3,8-11H2,1-2H3. The summed E-state index contributed by atoms with van der Waals surface area (Å²) in [6.07, 6.45) is 3.68. The summed E-state index contributed by atoms with van der Waals surface area (Å²) in [5.41, 5.74) is 0.661. The molecule has 1 fully saturated rings. The third-order valence-electron chi connectivity index (χ3n) is 5.27. The summed E-state index contributed by atoms with van der Waals surface area (Å²) in [5, 5.41) is 4.08. The summed E-state index contributed by atoms with van der Waals surface area (Å²) in [6.45, 7) is 2.72. The lowest BCUT2D eigenvalue weighted by molar-refractivity contribution is 0.413. The molecule has 1 atom stereocenters. The Morgan fingerprint density at radius 3 is 2.69 bits per heavy atom. The van der Waals surface area contributed by atoms with Crippen molar-refractivity contribution in [1.82, 2.24) is 24.0 Å². The van der Waals surface area contributed by atoms with E-state index >= 15 is 0 Å². The second kappa shape index (κ2) is 7.68. The lowest BCUT2D eigenvalue weighted by Gasteiger charge is -2.14. The van der Waals surface area contributed by atoms with Crippen LogP contribution in [-0.2, 0) is 23.5 Å². The minimum Gasteiger partial charge on any atom is -0.337 e. The average molecular weight is 419 g/mol. The first-order valence-corrected chi connectivity index (χ1v) is 10.9. The van der Waals surface area contributed by atoms with Crippen molar-refractivity contribution in [3.8, 4) is 11.5 Å². The maximum Gasteiger partial charge on any atom is 0.262 e. The average Bonchev–Trinajstić information content (AvgIpc) is 3.42. The molecule has 29 heavy (non-hydrogen) atoms. The van der Waals surface area contributed by atoms with E-state index in [1.165, 1.54) is 16.4 Å². The Kier molecular flexibility index (Phi) is 5.22. The van der Waals surface area contributed by atoms with Crippen LogP contribution in [0.25, 0.3) is 11.5 Å². The number of imidazole rings is 1. The molecule has 1 aromatic carbocycles. The summed E-state index contributed by atoms with van der Waals surface area (Å²) in [5.74, 6) is 1.47. The number of benzene rings is 1. The Bertz CT molecular complexity index is 1090. The summed E-state index contributed by atoms with van der Waals surface area (Å²) >= 11 is 0. The Hall–Kier alpha value is -2.59. The highest BCUT2D eigenvalue weighted by Crippen LogP contribution is 2.27. The van der Waals surface area contributed by atoms with Gasteiger partial charge in [-0.15, -0.1) is 0 Å². The second-order valence-electron chi connectivity index (χ2n) is 7.32. The molecule has 0 amide bonds. The molecule has 1 aliphatic rings. The van der Waals surface area contributed by atoms with Gasteiger partial charge in [-0.1, -0.05) is 5.16 Å². The Labute approximate surface area is 168 Å². The maximum absolute atomic E-state index is 13.0. The number of rotatable bonds is 6. The second-order valence-corrected chi connectivity index (χ2v) is 9.20. The molecule has 1 aliphatic heterocycles. The van der Waals surface area contributed by atoms with Crippen molar-refractivity contribution in [3.05, 3.63) is 47.9 Å². The zero-order chi connectivity index (χ0) is 20.6. The van der Waals surface area contributed by atoms with Crippen LogP contribution in [0, 0.1) is 18.7 Å². The number of halogens is 1. The van der Waals surface area contributed by atoms with E-state index in [1.807, 2.05) is 0 Å². The van der Waals surface area contributed by atoms with Crippen molar-refractivity contribution in [2.75, 3.05) is 13.1 Å². The van der Waals surface area contributed by atoms with Gasteiger partial charge in [0.2, 0.25) is 0 Å². The van der Waals surface area contributed by atoms with Crippen molar-refractivity contribution in [2.45, 2.75) is 31.2 Å². The van der Waals surface area contributed by atoms with Crippen LogP contribution in [0.1, 0.15) is 24.5 Å². The van der Waals surface area contributed by atoms with E-state index in [9.17, 15) is 12.8 Å². The van der Waals surface area contributed by atoms with Gasteiger partial charge in [0, 0.05) is 38.3 Å². The van der Waals surface area contributed by atoms with E-state index in [2.05, 4.69) is 15.1 Å². The van der Waals surface area contributed by atoms with Crippen LogP contribution in [0.2, 0.25) is 0 Å². The quantitative estimate of drug-likeness (QED) is 0.610. The van der Waals surface area contributed by atoms with Gasteiger partial charge in [0.05, 0.1) is 0 Å². The molecule has 4 rings (SSSR count). The smallest absolute Gasteiger partial charge is 0.262 e. The van der Waals surface area contributed by atoms with Crippen LogP contribution in [0.15, 0.2) is 40.0 Å². The molecule has 0 radical (unpaired) electrons. The zero-order valence-corrected chi connectivity index (χ0v) is 17.1. The van der Waals surface area contributed by atoms with Crippen LogP contribution in [0.5, 0.6) is 0 Å². The van der Waals surface area contributed by atoms with Gasteiger partial charge in [-0.05, 0) is 49.9 Å². The van der Waals surface area contributed by atoms with E-state index < -0.39 is 10.0 Å². The molecule has 3 aromatic rings. The molecule has 0 spiro atoms. The topological polar surface area (TPSA) is 94.1 Å². The van der Waals surface area contributed by atoms with Gasteiger partial charge in [0.15, 0.2) is 10.9 Å². The van der Waals surface area contributed by atoms with Crippen molar-refractivity contribution in [3.63, 3.8) is 0 Å². The van der Waals surface area contributed by atoms with Gasteiger partial charge in [-0.3, -0.25) is 0 Å². The molecule has 10 heteroatoms. The molecule has 8 nitrogen and oxygen atoms in total. The van der Waals surface area contributed by atoms with Gasteiger partial charge in [-0.25, -0.2) is 17.8 Å². The summed E-state index contributed by atoms with van der Waals surface area (Å²) in [7, 11) is -1.79. The predicted molar refractivity (Wildman–Crippen MR) is 103 cm³/mol. The number of sulfonamides is 1. The summed E-state index contributed by atoms with van der Waals surface area (Å²) < 4.78 is 47.1. The molecule has 1 unspecified atom stereocenters. The van der Waals surface area contributed by atoms with Gasteiger partial charge in [0.1, 0.15) is 11.6 Å². The largest absolute Gasteiger partial charge is 0.337 e. The molecule has 0 N–H and O–H groups in total. The fourth-order valence-electron chi connectivity index (χ4n) is 3.43. The number of aromatic nitrogens is 4. The normalized spacial score (nSPS) is 17.8. The number of aryl methyl sites for hydroxylation is 3. The van der Waals surface area contributed by atoms with Crippen LogP contribution < -0.4 is 0 Å². The van der Waals surface area contributed by atoms with Crippen LogP contribution in [0.4, 0.5) is 4.39 Å². The van der Waals surface area contributed by atoms with Crippen LogP contribution in [0.3, 0.4) is 0 Å². The molecule has 1 saturated heterocycles. The highest BCUT2D eigenvalue weighted by molar-refractivity contribution is 7.89. The monoisotopic (exact) mass is 419 g/mol.